The molecule has 5 nitrogen and oxygen atoms in total. The predicted molar refractivity (Wildman–Crippen MR) is 74.7 cm³/mol. The van der Waals surface area contributed by atoms with Crippen molar-refractivity contribution in [3.63, 3.8) is 0 Å². The van der Waals surface area contributed by atoms with E-state index in [1.54, 1.807) is 0 Å². The van der Waals surface area contributed by atoms with Crippen LogP contribution in [0.2, 0.25) is 0 Å². The van der Waals surface area contributed by atoms with Gasteiger partial charge in [0.1, 0.15) is 11.6 Å². The van der Waals surface area contributed by atoms with Crippen molar-refractivity contribution in [1.29, 1.82) is 0 Å². The van der Waals surface area contributed by atoms with Crippen molar-refractivity contribution in [2.45, 2.75) is 12.8 Å². The predicted octanol–water partition coefficient (Wildman–Crippen LogP) is 1.48. The van der Waals surface area contributed by atoms with Crippen LogP contribution in [0, 0.1) is 5.92 Å². The van der Waals surface area contributed by atoms with Gasteiger partial charge >= 0.3 is 0 Å². The maximum Gasteiger partial charge on any atom is 0.143 e. The standard InChI is InChI=1S/C14H21N3O2/c1-10(14(15)16-18)7-17(2)8-11-9-19-13-6-4-3-5-12(11)13/h3-6,10-11,18H,7-9H2,1-2H3,(H2,15,16). The van der Waals surface area contributed by atoms with E-state index >= 15 is 0 Å². The number of nitrogens with two attached hydrogens (primary N) is 1. The van der Waals surface area contributed by atoms with Crippen molar-refractivity contribution in [3.05, 3.63) is 29.8 Å². The molecular weight excluding hydrogens is 242 g/mol. The molecule has 0 aliphatic carbocycles. The van der Waals surface area contributed by atoms with Gasteiger partial charge in [-0.2, -0.15) is 0 Å². The number of ether oxygens (including phenoxy) is 1. The molecule has 0 radical (unpaired) electrons. The number of hydrogen-bond acceptors (Lipinski definition) is 4. The molecule has 0 bridgehead atoms. The lowest BCUT2D eigenvalue weighted by atomic mass is 10.0. The molecule has 19 heavy (non-hydrogen) atoms. The molecule has 2 atom stereocenters. The van der Waals surface area contributed by atoms with E-state index in [-0.39, 0.29) is 11.8 Å². The minimum absolute atomic E-state index is 0.0348. The third-order valence-electron chi connectivity index (χ3n) is 3.54. The van der Waals surface area contributed by atoms with Gasteiger partial charge < -0.3 is 20.6 Å². The van der Waals surface area contributed by atoms with E-state index in [1.165, 1.54) is 5.56 Å². The summed E-state index contributed by atoms with van der Waals surface area (Å²) in [5.74, 6) is 1.69. The van der Waals surface area contributed by atoms with Crippen LogP contribution < -0.4 is 10.5 Å². The van der Waals surface area contributed by atoms with Crippen LogP contribution in [0.3, 0.4) is 0 Å². The Balaban J connectivity index is 1.92. The quantitative estimate of drug-likeness (QED) is 0.365. The number of rotatable bonds is 5. The number of oxime groups is 1. The monoisotopic (exact) mass is 263 g/mol. The minimum atomic E-state index is 0.0348. The third kappa shape index (κ3) is 3.17. The number of fused-ring (bicyclic) bond motifs is 1. The largest absolute Gasteiger partial charge is 0.493 e. The van der Waals surface area contributed by atoms with Crippen LogP contribution in [0.5, 0.6) is 5.75 Å². The van der Waals surface area contributed by atoms with Crippen LogP contribution in [0.4, 0.5) is 0 Å². The number of nitrogens with zero attached hydrogens (tertiary/aromatic N) is 2. The molecule has 1 aromatic rings. The van der Waals surface area contributed by atoms with E-state index in [2.05, 4.69) is 16.1 Å². The van der Waals surface area contributed by atoms with Crippen LogP contribution >= 0.6 is 0 Å². The Morgan fingerprint density at radius 1 is 1.58 bits per heavy atom. The van der Waals surface area contributed by atoms with Gasteiger partial charge in [-0.3, -0.25) is 0 Å². The first-order valence-electron chi connectivity index (χ1n) is 6.49. The van der Waals surface area contributed by atoms with Crippen molar-refractivity contribution in [3.8, 4) is 5.75 Å². The second-order valence-corrected chi connectivity index (χ2v) is 5.19. The summed E-state index contributed by atoms with van der Waals surface area (Å²) in [5.41, 5.74) is 6.87. The SMILES string of the molecule is CC(CN(C)CC1COc2ccccc21)C(N)=NO. The first-order chi connectivity index (χ1) is 9.11. The Labute approximate surface area is 113 Å². The van der Waals surface area contributed by atoms with Gasteiger partial charge in [0, 0.05) is 30.5 Å². The fourth-order valence-electron chi connectivity index (χ4n) is 2.49. The summed E-state index contributed by atoms with van der Waals surface area (Å²) >= 11 is 0. The normalized spacial score (nSPS) is 20.2. The molecule has 0 spiro atoms. The van der Waals surface area contributed by atoms with Gasteiger partial charge in [0.15, 0.2) is 0 Å². The van der Waals surface area contributed by atoms with Crippen molar-refractivity contribution >= 4 is 5.84 Å². The van der Waals surface area contributed by atoms with Crippen LogP contribution in [-0.4, -0.2) is 42.7 Å². The number of benzene rings is 1. The molecule has 0 saturated heterocycles. The topological polar surface area (TPSA) is 71.1 Å². The first-order valence-corrected chi connectivity index (χ1v) is 6.49. The summed E-state index contributed by atoms with van der Waals surface area (Å²) in [7, 11) is 2.04. The molecule has 1 aliphatic heterocycles. The molecule has 5 heteroatoms. The van der Waals surface area contributed by atoms with Crippen molar-refractivity contribution in [2.24, 2.45) is 16.8 Å². The highest BCUT2D eigenvalue weighted by Crippen LogP contribution is 2.33. The van der Waals surface area contributed by atoms with Crippen molar-refractivity contribution < 1.29 is 9.94 Å². The van der Waals surface area contributed by atoms with E-state index in [4.69, 9.17) is 15.7 Å². The van der Waals surface area contributed by atoms with Gasteiger partial charge in [-0.15, -0.1) is 0 Å². The summed E-state index contributed by atoms with van der Waals surface area (Å²) in [4.78, 5) is 2.19. The molecule has 2 unspecified atom stereocenters. The Hall–Kier alpha value is -1.75. The fraction of sp³-hybridized carbons (Fsp3) is 0.500. The molecule has 0 aromatic heterocycles. The first kappa shape index (κ1) is 13.7. The summed E-state index contributed by atoms with van der Waals surface area (Å²) in [6.07, 6.45) is 0. The van der Waals surface area contributed by atoms with Crippen molar-refractivity contribution in [1.82, 2.24) is 4.90 Å². The lowest BCUT2D eigenvalue weighted by molar-refractivity contribution is 0.254. The van der Waals surface area contributed by atoms with Gasteiger partial charge in [-0.05, 0) is 13.1 Å². The maximum absolute atomic E-state index is 8.66. The van der Waals surface area contributed by atoms with Crippen LogP contribution in [0.15, 0.2) is 29.4 Å². The smallest absolute Gasteiger partial charge is 0.143 e. The zero-order valence-electron chi connectivity index (χ0n) is 11.4. The lowest BCUT2D eigenvalue weighted by Crippen LogP contribution is -2.35. The molecule has 1 heterocycles. The Morgan fingerprint density at radius 3 is 3.05 bits per heavy atom. The Kier molecular flexibility index (Phi) is 4.27. The van der Waals surface area contributed by atoms with Gasteiger partial charge in [0.25, 0.3) is 0 Å². The zero-order valence-corrected chi connectivity index (χ0v) is 11.4. The number of hydrogen-bond donors (Lipinski definition) is 2. The van der Waals surface area contributed by atoms with E-state index in [0.29, 0.717) is 5.92 Å². The highest BCUT2D eigenvalue weighted by molar-refractivity contribution is 5.82. The minimum Gasteiger partial charge on any atom is -0.493 e. The van der Waals surface area contributed by atoms with E-state index < -0.39 is 0 Å². The van der Waals surface area contributed by atoms with Gasteiger partial charge in [-0.25, -0.2) is 0 Å². The number of likely N-dealkylation sites (N-methyl/N-ethyl adjacent to an activating group) is 1. The van der Waals surface area contributed by atoms with Crippen LogP contribution in [-0.2, 0) is 0 Å². The van der Waals surface area contributed by atoms with E-state index in [9.17, 15) is 0 Å². The molecular formula is C14H21N3O2. The average molecular weight is 263 g/mol. The molecule has 0 fully saturated rings. The van der Waals surface area contributed by atoms with Crippen LogP contribution in [0.1, 0.15) is 18.4 Å². The summed E-state index contributed by atoms with van der Waals surface area (Å²) < 4.78 is 5.67. The summed E-state index contributed by atoms with van der Waals surface area (Å²) in [5, 5.41) is 11.7. The molecule has 104 valence electrons. The molecule has 1 aliphatic rings. The van der Waals surface area contributed by atoms with Gasteiger partial charge in [0.05, 0.1) is 6.61 Å². The highest BCUT2D eigenvalue weighted by Gasteiger charge is 2.25. The lowest BCUT2D eigenvalue weighted by Gasteiger charge is -2.23. The van der Waals surface area contributed by atoms with Gasteiger partial charge in [-0.1, -0.05) is 30.3 Å². The molecule has 1 aromatic carbocycles. The second-order valence-electron chi connectivity index (χ2n) is 5.19. The third-order valence-corrected chi connectivity index (χ3v) is 3.54. The number of para-hydroxylation sites is 1. The van der Waals surface area contributed by atoms with Gasteiger partial charge in [0.2, 0.25) is 0 Å². The van der Waals surface area contributed by atoms with E-state index in [1.807, 2.05) is 32.2 Å². The summed E-state index contributed by atoms with van der Waals surface area (Å²) in [6, 6.07) is 8.16. The summed E-state index contributed by atoms with van der Waals surface area (Å²) in [6.45, 7) is 4.33. The second kappa shape index (κ2) is 5.93. The number of amidine groups is 1. The average Bonchev–Trinajstić information content (AvgIpc) is 2.81. The highest BCUT2D eigenvalue weighted by atomic mass is 16.5. The van der Waals surface area contributed by atoms with E-state index in [0.717, 1.165) is 25.4 Å². The Morgan fingerprint density at radius 2 is 2.32 bits per heavy atom. The molecule has 0 saturated carbocycles. The molecule has 3 N–H and O–H groups in total. The fourth-order valence-corrected chi connectivity index (χ4v) is 2.49. The zero-order chi connectivity index (χ0) is 13.8. The Bertz CT molecular complexity index is 462. The van der Waals surface area contributed by atoms with Crippen molar-refractivity contribution in [2.75, 3.05) is 26.7 Å². The molecule has 0 amide bonds. The molecule has 2 rings (SSSR count). The maximum atomic E-state index is 8.66. The van der Waals surface area contributed by atoms with Crippen LogP contribution in [0.25, 0.3) is 0 Å².